The maximum Gasteiger partial charge on any atom is 0.163 e. The van der Waals surface area contributed by atoms with Crippen molar-refractivity contribution in [2.75, 3.05) is 19.6 Å². The topological polar surface area (TPSA) is 77.8 Å². The Bertz CT molecular complexity index is 989. The molecule has 6 nitrogen and oxygen atoms in total. The molecule has 2 aliphatic heterocycles. The highest BCUT2D eigenvalue weighted by Gasteiger charge is 2.32. The lowest BCUT2D eigenvalue weighted by molar-refractivity contribution is -0.105. The van der Waals surface area contributed by atoms with Crippen molar-refractivity contribution in [1.82, 2.24) is 15.2 Å². The molecule has 10 heteroatoms. The molecular formula is C20H19BrF2N4O2S. The number of alkyl halides is 1. The van der Waals surface area contributed by atoms with Gasteiger partial charge in [-0.05, 0) is 17.7 Å². The molecule has 2 unspecified atom stereocenters. The molecule has 0 radical (unpaired) electrons. The number of likely N-dealkylation sites (tertiary alicyclic amines) is 1. The standard InChI is InChI=1S/C20H19BrF2N4O2S/c21-16-6-11(22)1-2-14(16)18-15(10-28)17(9-27-7-12(23)5-13(29)8-27)25-19(26-18)20-24-3-4-30-20/h1-4,6,10,12-13,18,29H,5,7-9H2,(H,25,26)/t12?,13?,18-/m0/s1. The van der Waals surface area contributed by atoms with Gasteiger partial charge in [0, 0.05) is 53.4 Å². The first-order valence-electron chi connectivity index (χ1n) is 9.37. The summed E-state index contributed by atoms with van der Waals surface area (Å²) < 4.78 is 28.1. The minimum Gasteiger partial charge on any atom is -0.392 e. The minimum absolute atomic E-state index is 0.112. The van der Waals surface area contributed by atoms with Crippen molar-refractivity contribution in [2.45, 2.75) is 24.7 Å². The fraction of sp³-hybridized carbons (Fsp3) is 0.350. The number of nitrogens with zero attached hydrogens (tertiary/aromatic N) is 3. The highest BCUT2D eigenvalue weighted by molar-refractivity contribution is 9.10. The van der Waals surface area contributed by atoms with Gasteiger partial charge < -0.3 is 10.4 Å². The zero-order valence-electron chi connectivity index (χ0n) is 15.8. The Morgan fingerprint density at radius 1 is 1.40 bits per heavy atom. The smallest absolute Gasteiger partial charge is 0.163 e. The summed E-state index contributed by atoms with van der Waals surface area (Å²) in [5, 5.41) is 15.6. The van der Waals surface area contributed by atoms with Crippen LogP contribution in [0.5, 0.6) is 0 Å². The molecule has 1 fully saturated rings. The van der Waals surface area contributed by atoms with Crippen LogP contribution >= 0.6 is 27.3 Å². The Labute approximate surface area is 184 Å². The Hall–Kier alpha value is -2.01. The monoisotopic (exact) mass is 496 g/mol. The van der Waals surface area contributed by atoms with Crippen LogP contribution in [-0.2, 0) is 4.79 Å². The van der Waals surface area contributed by atoms with Crippen LogP contribution in [0.1, 0.15) is 23.0 Å². The second-order valence-electron chi connectivity index (χ2n) is 7.24. The zero-order chi connectivity index (χ0) is 21.3. The zero-order valence-corrected chi connectivity index (χ0v) is 18.2. The highest BCUT2D eigenvalue weighted by Crippen LogP contribution is 2.35. The van der Waals surface area contributed by atoms with Crippen molar-refractivity contribution in [3.63, 3.8) is 0 Å². The van der Waals surface area contributed by atoms with Crippen LogP contribution in [0.2, 0.25) is 0 Å². The van der Waals surface area contributed by atoms with Crippen molar-refractivity contribution >= 4 is 39.4 Å². The molecule has 158 valence electrons. The van der Waals surface area contributed by atoms with Crippen LogP contribution in [0.4, 0.5) is 8.78 Å². The number of aliphatic imine (C=N–C) groups is 1. The van der Waals surface area contributed by atoms with Crippen LogP contribution in [0, 0.1) is 5.82 Å². The number of hydrogen-bond acceptors (Lipinski definition) is 7. The first kappa shape index (κ1) is 21.2. The number of β-amino-alcohol motifs (C(OH)–C–C–N with tert-alkyl or cyclic N) is 1. The summed E-state index contributed by atoms with van der Waals surface area (Å²) in [5.74, 6) is 0.0815. The molecule has 2 aromatic rings. The van der Waals surface area contributed by atoms with E-state index in [-0.39, 0.29) is 19.5 Å². The van der Waals surface area contributed by atoms with Gasteiger partial charge >= 0.3 is 0 Å². The molecule has 1 saturated heterocycles. The molecule has 1 aromatic carbocycles. The summed E-state index contributed by atoms with van der Waals surface area (Å²) in [6.45, 7) is 0.723. The molecule has 0 spiro atoms. The van der Waals surface area contributed by atoms with Gasteiger partial charge in [-0.25, -0.2) is 13.8 Å². The van der Waals surface area contributed by atoms with Gasteiger partial charge in [0.2, 0.25) is 0 Å². The predicted octanol–water partition coefficient (Wildman–Crippen LogP) is 2.99. The van der Waals surface area contributed by atoms with Crippen molar-refractivity contribution in [3.8, 4) is 0 Å². The van der Waals surface area contributed by atoms with Gasteiger partial charge in [0.1, 0.15) is 24.3 Å². The maximum absolute atomic E-state index is 14.0. The third-order valence-corrected chi connectivity index (χ3v) is 6.49. The van der Waals surface area contributed by atoms with Crippen LogP contribution in [0.25, 0.3) is 0 Å². The predicted molar refractivity (Wildman–Crippen MR) is 114 cm³/mol. The number of aldehydes is 1. The average Bonchev–Trinajstić information content (AvgIpc) is 3.21. The average molecular weight is 497 g/mol. The van der Waals surface area contributed by atoms with Gasteiger partial charge in [-0.3, -0.25) is 14.7 Å². The van der Waals surface area contributed by atoms with Crippen molar-refractivity contribution in [3.05, 3.63) is 61.9 Å². The third-order valence-electron chi connectivity index (χ3n) is 5.02. The van der Waals surface area contributed by atoms with Gasteiger partial charge in [0.15, 0.2) is 10.8 Å². The van der Waals surface area contributed by atoms with Crippen LogP contribution in [-0.4, -0.2) is 59.0 Å². The summed E-state index contributed by atoms with van der Waals surface area (Å²) >= 11 is 4.76. The molecule has 3 heterocycles. The Morgan fingerprint density at radius 3 is 2.90 bits per heavy atom. The van der Waals surface area contributed by atoms with E-state index in [0.29, 0.717) is 38.7 Å². The fourth-order valence-corrected chi connectivity index (χ4v) is 4.89. The first-order valence-corrected chi connectivity index (χ1v) is 11.0. The van der Waals surface area contributed by atoms with E-state index in [1.807, 2.05) is 5.38 Å². The molecule has 4 rings (SSSR count). The molecule has 2 N–H and O–H groups in total. The lowest BCUT2D eigenvalue weighted by atomic mass is 9.96. The molecule has 2 aliphatic rings. The van der Waals surface area contributed by atoms with E-state index in [1.54, 1.807) is 17.2 Å². The van der Waals surface area contributed by atoms with E-state index in [1.165, 1.54) is 23.5 Å². The molecule has 0 saturated carbocycles. The second-order valence-corrected chi connectivity index (χ2v) is 8.99. The number of carbonyl (C=O) groups excluding carboxylic acids is 1. The van der Waals surface area contributed by atoms with Gasteiger partial charge in [-0.15, -0.1) is 11.3 Å². The number of hydrogen-bond donors (Lipinski definition) is 2. The molecule has 0 amide bonds. The van der Waals surface area contributed by atoms with E-state index < -0.39 is 24.1 Å². The number of aliphatic hydroxyl groups excluding tert-OH is 1. The van der Waals surface area contributed by atoms with E-state index >= 15 is 0 Å². The van der Waals surface area contributed by atoms with Gasteiger partial charge in [-0.2, -0.15) is 0 Å². The second kappa shape index (κ2) is 9.01. The Morgan fingerprint density at radius 2 is 2.23 bits per heavy atom. The SMILES string of the molecule is O=CC1=C(CN2CC(O)CC(F)C2)NC(c2nccs2)=N[C@H]1c1ccc(F)cc1Br. The number of nitrogens with one attached hydrogen (secondary N) is 1. The van der Waals surface area contributed by atoms with Crippen molar-refractivity contribution in [2.24, 2.45) is 4.99 Å². The quantitative estimate of drug-likeness (QED) is 0.622. The van der Waals surface area contributed by atoms with Gasteiger partial charge in [0.25, 0.3) is 0 Å². The number of piperidine rings is 1. The molecule has 30 heavy (non-hydrogen) atoms. The third kappa shape index (κ3) is 4.51. The van der Waals surface area contributed by atoms with Crippen LogP contribution < -0.4 is 5.32 Å². The summed E-state index contributed by atoms with van der Waals surface area (Å²) in [7, 11) is 0. The number of benzene rings is 1. The number of halogens is 3. The molecular weight excluding hydrogens is 478 g/mol. The lowest BCUT2D eigenvalue weighted by Crippen LogP contribution is -2.47. The van der Waals surface area contributed by atoms with Crippen molar-refractivity contribution in [1.29, 1.82) is 0 Å². The Balaban J connectivity index is 1.74. The van der Waals surface area contributed by atoms with E-state index in [4.69, 9.17) is 0 Å². The number of amidine groups is 1. The summed E-state index contributed by atoms with van der Waals surface area (Å²) in [6.07, 6.45) is 0.595. The fourth-order valence-electron chi connectivity index (χ4n) is 3.74. The highest BCUT2D eigenvalue weighted by atomic mass is 79.9. The summed E-state index contributed by atoms with van der Waals surface area (Å²) in [6, 6.07) is 3.55. The van der Waals surface area contributed by atoms with Gasteiger partial charge in [0.05, 0.1) is 6.10 Å². The number of aromatic nitrogens is 1. The molecule has 1 aromatic heterocycles. The van der Waals surface area contributed by atoms with Crippen LogP contribution in [0.15, 0.2) is 50.5 Å². The van der Waals surface area contributed by atoms with Crippen LogP contribution in [0.3, 0.4) is 0 Å². The van der Waals surface area contributed by atoms with Crippen molar-refractivity contribution < 1.29 is 18.7 Å². The van der Waals surface area contributed by atoms with E-state index in [9.17, 15) is 18.7 Å². The van der Waals surface area contributed by atoms with Gasteiger partial charge in [-0.1, -0.05) is 22.0 Å². The number of aliphatic hydroxyl groups is 1. The maximum atomic E-state index is 14.0. The summed E-state index contributed by atoms with van der Waals surface area (Å²) in [4.78, 5) is 22.8. The molecule has 0 bridgehead atoms. The van der Waals surface area contributed by atoms with E-state index in [0.717, 1.165) is 6.29 Å². The lowest BCUT2D eigenvalue weighted by Gasteiger charge is -2.34. The summed E-state index contributed by atoms with van der Waals surface area (Å²) in [5.41, 5.74) is 1.57. The number of thiazole rings is 1. The normalized spacial score (nSPS) is 25.1. The Kier molecular flexibility index (Phi) is 6.37. The minimum atomic E-state index is -1.13. The molecule has 3 atom stereocenters. The first-order chi connectivity index (χ1) is 14.4. The number of rotatable bonds is 5. The number of carbonyl (C=O) groups is 1. The molecule has 0 aliphatic carbocycles. The largest absolute Gasteiger partial charge is 0.392 e. The van der Waals surface area contributed by atoms with E-state index in [2.05, 4.69) is 31.2 Å².